The van der Waals surface area contributed by atoms with Crippen LogP contribution in [0.1, 0.15) is 18.7 Å². The van der Waals surface area contributed by atoms with Crippen molar-refractivity contribution in [3.8, 4) is 0 Å². The minimum atomic E-state index is -0.110. The first kappa shape index (κ1) is 14.5. The highest BCUT2D eigenvalue weighted by Crippen LogP contribution is 2.13. The summed E-state index contributed by atoms with van der Waals surface area (Å²) in [6.07, 6.45) is -0.0207. The molecule has 2 heterocycles. The van der Waals surface area contributed by atoms with Gasteiger partial charge in [-0.25, -0.2) is 0 Å². The molecule has 4 nitrogen and oxygen atoms in total. The monoisotopic (exact) mass is 282 g/mol. The van der Waals surface area contributed by atoms with Gasteiger partial charge in [-0.1, -0.05) is 6.07 Å². The minimum Gasteiger partial charge on any atom is -0.462 e. The highest BCUT2D eigenvalue weighted by Gasteiger charge is 2.20. The van der Waals surface area contributed by atoms with E-state index in [2.05, 4.69) is 27.3 Å². The molecule has 2 rings (SSSR count). The Bertz CT molecular complexity index is 384. The molecule has 0 unspecified atom stereocenters. The van der Waals surface area contributed by atoms with Gasteiger partial charge in [0, 0.05) is 37.6 Å². The maximum atomic E-state index is 11.6. The summed E-state index contributed by atoms with van der Waals surface area (Å²) >= 11 is 1.81. The molecule has 0 aromatic carbocycles. The van der Waals surface area contributed by atoms with E-state index >= 15 is 0 Å². The van der Waals surface area contributed by atoms with Crippen LogP contribution in [0.15, 0.2) is 17.5 Å². The second kappa shape index (κ2) is 7.03. The molecule has 0 radical (unpaired) electrons. The van der Waals surface area contributed by atoms with Gasteiger partial charge in [0.15, 0.2) is 0 Å². The zero-order valence-electron chi connectivity index (χ0n) is 11.7. The van der Waals surface area contributed by atoms with Gasteiger partial charge in [-0.15, -0.1) is 11.3 Å². The first-order valence-corrected chi connectivity index (χ1v) is 7.68. The number of piperazine rings is 1. The zero-order valence-corrected chi connectivity index (χ0v) is 12.5. The van der Waals surface area contributed by atoms with E-state index in [1.165, 1.54) is 4.88 Å². The van der Waals surface area contributed by atoms with E-state index in [1.54, 1.807) is 11.3 Å². The van der Waals surface area contributed by atoms with Crippen molar-refractivity contribution in [1.82, 2.24) is 9.80 Å². The SMILES string of the molecule is CC(C)OC(=O)CN1CCN(Cc2cccs2)CC1. The molecule has 1 aromatic heterocycles. The van der Waals surface area contributed by atoms with E-state index in [0.29, 0.717) is 6.54 Å². The van der Waals surface area contributed by atoms with Crippen molar-refractivity contribution in [2.24, 2.45) is 0 Å². The van der Waals surface area contributed by atoms with Crippen molar-refractivity contribution in [1.29, 1.82) is 0 Å². The molecule has 1 aliphatic heterocycles. The Morgan fingerprint density at radius 1 is 1.32 bits per heavy atom. The fourth-order valence-electron chi connectivity index (χ4n) is 2.21. The second-order valence-electron chi connectivity index (χ2n) is 5.17. The summed E-state index contributed by atoms with van der Waals surface area (Å²) in [4.78, 5) is 17.6. The number of ether oxygens (including phenoxy) is 1. The molecule has 5 heteroatoms. The average molecular weight is 282 g/mol. The first-order valence-electron chi connectivity index (χ1n) is 6.80. The Labute approximate surface area is 119 Å². The normalized spacial score (nSPS) is 17.8. The molecule has 1 aliphatic rings. The Hall–Kier alpha value is -0.910. The van der Waals surface area contributed by atoms with Crippen molar-refractivity contribution >= 4 is 17.3 Å². The van der Waals surface area contributed by atoms with Gasteiger partial charge in [0.05, 0.1) is 12.6 Å². The number of hydrogen-bond acceptors (Lipinski definition) is 5. The van der Waals surface area contributed by atoms with Crippen molar-refractivity contribution in [2.75, 3.05) is 32.7 Å². The topological polar surface area (TPSA) is 32.8 Å². The number of carbonyl (C=O) groups excluding carboxylic acids is 1. The van der Waals surface area contributed by atoms with Crippen molar-refractivity contribution in [2.45, 2.75) is 26.5 Å². The summed E-state index contributed by atoms with van der Waals surface area (Å²) < 4.78 is 5.17. The Balaban J connectivity index is 1.69. The summed E-state index contributed by atoms with van der Waals surface area (Å²) in [6, 6.07) is 4.27. The molecule has 1 aromatic rings. The third kappa shape index (κ3) is 4.93. The molecule has 0 bridgehead atoms. The predicted molar refractivity (Wildman–Crippen MR) is 77.3 cm³/mol. The maximum Gasteiger partial charge on any atom is 0.320 e. The van der Waals surface area contributed by atoms with Crippen LogP contribution in [0.2, 0.25) is 0 Å². The number of nitrogens with zero attached hydrogens (tertiary/aromatic N) is 2. The minimum absolute atomic E-state index is 0.0207. The van der Waals surface area contributed by atoms with Gasteiger partial charge in [0.2, 0.25) is 0 Å². The molecule has 1 fully saturated rings. The molecule has 0 aliphatic carbocycles. The number of carbonyl (C=O) groups is 1. The molecule has 106 valence electrons. The Morgan fingerprint density at radius 3 is 2.58 bits per heavy atom. The second-order valence-corrected chi connectivity index (χ2v) is 6.20. The molecule has 0 amide bonds. The summed E-state index contributed by atoms with van der Waals surface area (Å²) in [5.74, 6) is -0.110. The van der Waals surface area contributed by atoms with E-state index in [0.717, 1.165) is 32.7 Å². The fourth-order valence-corrected chi connectivity index (χ4v) is 2.96. The highest BCUT2D eigenvalue weighted by atomic mass is 32.1. The third-order valence-electron chi connectivity index (χ3n) is 3.14. The molecule has 19 heavy (non-hydrogen) atoms. The van der Waals surface area contributed by atoms with Crippen LogP contribution in [0, 0.1) is 0 Å². The molecular formula is C14H22N2O2S. The van der Waals surface area contributed by atoms with Gasteiger partial charge in [-0.05, 0) is 25.3 Å². The lowest BCUT2D eigenvalue weighted by Crippen LogP contribution is -2.47. The smallest absolute Gasteiger partial charge is 0.320 e. The molecule has 0 atom stereocenters. The van der Waals surface area contributed by atoms with Gasteiger partial charge in [0.25, 0.3) is 0 Å². The van der Waals surface area contributed by atoms with Crippen LogP contribution >= 0.6 is 11.3 Å². The van der Waals surface area contributed by atoms with Crippen molar-refractivity contribution in [3.63, 3.8) is 0 Å². The maximum absolute atomic E-state index is 11.6. The van der Waals surface area contributed by atoms with E-state index < -0.39 is 0 Å². The Morgan fingerprint density at radius 2 is 2.00 bits per heavy atom. The van der Waals surface area contributed by atoms with Crippen LogP contribution < -0.4 is 0 Å². The first-order chi connectivity index (χ1) is 9.13. The van der Waals surface area contributed by atoms with Gasteiger partial charge in [0.1, 0.15) is 0 Å². The van der Waals surface area contributed by atoms with E-state index in [-0.39, 0.29) is 12.1 Å². The van der Waals surface area contributed by atoms with Crippen LogP contribution in [0.4, 0.5) is 0 Å². The summed E-state index contributed by atoms with van der Waals surface area (Å²) in [5.41, 5.74) is 0. The van der Waals surface area contributed by atoms with E-state index in [4.69, 9.17) is 4.74 Å². The lowest BCUT2D eigenvalue weighted by atomic mass is 10.3. The molecule has 0 spiro atoms. The zero-order chi connectivity index (χ0) is 13.7. The third-order valence-corrected chi connectivity index (χ3v) is 4.01. The van der Waals surface area contributed by atoms with Crippen LogP contribution in [0.25, 0.3) is 0 Å². The molecular weight excluding hydrogens is 260 g/mol. The van der Waals surface area contributed by atoms with Crippen LogP contribution in [0.3, 0.4) is 0 Å². The van der Waals surface area contributed by atoms with Crippen molar-refractivity contribution < 1.29 is 9.53 Å². The molecule has 0 N–H and O–H groups in total. The fraction of sp³-hybridized carbons (Fsp3) is 0.643. The average Bonchev–Trinajstić information content (AvgIpc) is 2.83. The van der Waals surface area contributed by atoms with Crippen molar-refractivity contribution in [3.05, 3.63) is 22.4 Å². The quantitative estimate of drug-likeness (QED) is 0.771. The lowest BCUT2D eigenvalue weighted by molar-refractivity contribution is -0.149. The highest BCUT2D eigenvalue weighted by molar-refractivity contribution is 7.09. The summed E-state index contributed by atoms with van der Waals surface area (Å²) in [5, 5.41) is 2.12. The number of hydrogen-bond donors (Lipinski definition) is 0. The van der Waals surface area contributed by atoms with Crippen LogP contribution in [-0.2, 0) is 16.1 Å². The van der Waals surface area contributed by atoms with Crippen LogP contribution in [-0.4, -0.2) is 54.6 Å². The number of thiophene rings is 1. The Kier molecular flexibility index (Phi) is 5.36. The van der Waals surface area contributed by atoms with E-state index in [9.17, 15) is 4.79 Å². The lowest BCUT2D eigenvalue weighted by Gasteiger charge is -2.33. The van der Waals surface area contributed by atoms with E-state index in [1.807, 2.05) is 13.8 Å². The van der Waals surface area contributed by atoms with Gasteiger partial charge >= 0.3 is 5.97 Å². The van der Waals surface area contributed by atoms with Gasteiger partial charge < -0.3 is 4.74 Å². The van der Waals surface area contributed by atoms with Gasteiger partial charge in [-0.2, -0.15) is 0 Å². The van der Waals surface area contributed by atoms with Crippen LogP contribution in [0.5, 0.6) is 0 Å². The summed E-state index contributed by atoms with van der Waals surface area (Å²) in [6.45, 7) is 9.15. The number of rotatable bonds is 5. The molecule has 1 saturated heterocycles. The summed E-state index contributed by atoms with van der Waals surface area (Å²) in [7, 11) is 0. The predicted octanol–water partition coefficient (Wildman–Crippen LogP) is 1.82. The number of esters is 1. The molecule has 0 saturated carbocycles. The standard InChI is InChI=1S/C14H22N2O2S/c1-12(2)18-14(17)11-16-7-5-15(6-8-16)10-13-4-3-9-19-13/h3-4,9,12H,5-8,10-11H2,1-2H3. The largest absolute Gasteiger partial charge is 0.462 e. The van der Waals surface area contributed by atoms with Gasteiger partial charge in [-0.3, -0.25) is 14.6 Å².